The van der Waals surface area contributed by atoms with Gasteiger partial charge in [-0.25, -0.2) is 0 Å². The fraction of sp³-hybridized carbons (Fsp3) is 0.455. The number of nitrogens with two attached hydrogens (primary N) is 1. The first-order chi connectivity index (χ1) is 13.6. The van der Waals surface area contributed by atoms with E-state index in [2.05, 4.69) is 26.1 Å². The molecule has 29 heavy (non-hydrogen) atoms. The standard InChI is InChI=1S/C22H27ClN2O3S/c1-12(28-15-7-5-6-14(23)11-15)20(27)25-21-18(19(24)26)16-9-8-13(22(2,3)4)10-17(16)29-21/h5-7,11-13H,8-10H2,1-4H3,(H2,24,26)(H,25,27)/t12-,13-/m0/s1. The second kappa shape index (κ2) is 8.36. The third-order valence-electron chi connectivity index (χ3n) is 5.45. The molecule has 0 unspecified atom stereocenters. The van der Waals surface area contributed by atoms with Crippen molar-refractivity contribution in [2.24, 2.45) is 17.1 Å². The zero-order chi connectivity index (χ0) is 21.3. The van der Waals surface area contributed by atoms with Gasteiger partial charge in [0.15, 0.2) is 6.10 Å². The highest BCUT2D eigenvalue weighted by Gasteiger charge is 2.33. The average Bonchev–Trinajstić information content (AvgIpc) is 2.98. The number of carbonyl (C=O) groups excluding carboxylic acids is 2. The minimum atomic E-state index is -0.754. The van der Waals surface area contributed by atoms with Crippen LogP contribution in [0.3, 0.4) is 0 Å². The zero-order valence-electron chi connectivity index (χ0n) is 17.2. The summed E-state index contributed by atoms with van der Waals surface area (Å²) in [6.45, 7) is 8.37. The molecule has 0 spiro atoms. The molecule has 0 saturated carbocycles. The summed E-state index contributed by atoms with van der Waals surface area (Å²) in [7, 11) is 0. The summed E-state index contributed by atoms with van der Waals surface area (Å²) < 4.78 is 5.69. The molecule has 0 fully saturated rings. The van der Waals surface area contributed by atoms with Gasteiger partial charge in [-0.1, -0.05) is 38.4 Å². The van der Waals surface area contributed by atoms with Crippen LogP contribution in [-0.4, -0.2) is 17.9 Å². The van der Waals surface area contributed by atoms with Crippen molar-refractivity contribution < 1.29 is 14.3 Å². The molecule has 1 heterocycles. The number of carbonyl (C=O) groups is 2. The molecule has 1 aliphatic rings. The Hall–Kier alpha value is -2.05. The molecule has 1 aliphatic carbocycles. The molecule has 3 rings (SSSR count). The zero-order valence-corrected chi connectivity index (χ0v) is 18.7. The lowest BCUT2D eigenvalue weighted by Crippen LogP contribution is -2.30. The third kappa shape index (κ3) is 4.93. The highest BCUT2D eigenvalue weighted by molar-refractivity contribution is 7.17. The molecule has 0 bridgehead atoms. The van der Waals surface area contributed by atoms with E-state index in [1.54, 1.807) is 31.2 Å². The molecule has 156 valence electrons. The van der Waals surface area contributed by atoms with Crippen LogP contribution in [0.1, 0.15) is 54.9 Å². The highest BCUT2D eigenvalue weighted by atomic mass is 35.5. The Morgan fingerprint density at radius 2 is 2.07 bits per heavy atom. The van der Waals surface area contributed by atoms with Gasteiger partial charge in [-0.05, 0) is 61.3 Å². The summed E-state index contributed by atoms with van der Waals surface area (Å²) in [5, 5.41) is 3.91. The van der Waals surface area contributed by atoms with E-state index in [1.165, 1.54) is 11.3 Å². The third-order valence-corrected chi connectivity index (χ3v) is 6.86. The maximum absolute atomic E-state index is 12.7. The van der Waals surface area contributed by atoms with Crippen molar-refractivity contribution in [1.82, 2.24) is 0 Å². The molecule has 5 nitrogen and oxygen atoms in total. The summed E-state index contributed by atoms with van der Waals surface area (Å²) in [4.78, 5) is 26.0. The summed E-state index contributed by atoms with van der Waals surface area (Å²) >= 11 is 7.42. The largest absolute Gasteiger partial charge is 0.481 e. The molecule has 3 N–H and O–H groups in total. The van der Waals surface area contributed by atoms with Crippen LogP contribution in [0.5, 0.6) is 5.75 Å². The molecule has 0 saturated heterocycles. The van der Waals surface area contributed by atoms with E-state index in [4.69, 9.17) is 22.1 Å². The van der Waals surface area contributed by atoms with Crippen LogP contribution >= 0.6 is 22.9 Å². The summed E-state index contributed by atoms with van der Waals surface area (Å²) in [5.74, 6) is 0.200. The molecule has 2 atom stereocenters. The SMILES string of the molecule is C[C@H](Oc1cccc(Cl)c1)C(=O)Nc1sc2c(c1C(N)=O)CC[C@H](C(C)(C)C)C2. The van der Waals surface area contributed by atoms with Crippen LogP contribution in [0.4, 0.5) is 5.00 Å². The molecule has 0 radical (unpaired) electrons. The van der Waals surface area contributed by atoms with E-state index in [9.17, 15) is 9.59 Å². The number of fused-ring (bicyclic) bond motifs is 1. The number of anilines is 1. The van der Waals surface area contributed by atoms with Gasteiger partial charge in [0.1, 0.15) is 10.8 Å². The highest BCUT2D eigenvalue weighted by Crippen LogP contribution is 2.44. The summed E-state index contributed by atoms with van der Waals surface area (Å²) in [6.07, 6.45) is 1.95. The predicted octanol–water partition coefficient (Wildman–Crippen LogP) is 5.06. The number of halogens is 1. The quantitative estimate of drug-likeness (QED) is 0.690. The van der Waals surface area contributed by atoms with Gasteiger partial charge in [-0.2, -0.15) is 0 Å². The predicted molar refractivity (Wildman–Crippen MR) is 118 cm³/mol. The van der Waals surface area contributed by atoms with Crippen molar-refractivity contribution >= 4 is 39.8 Å². The molecule has 7 heteroatoms. The fourth-order valence-corrected chi connectivity index (χ4v) is 5.20. The van der Waals surface area contributed by atoms with Gasteiger partial charge < -0.3 is 15.8 Å². The molecule has 1 aromatic heterocycles. The van der Waals surface area contributed by atoms with Crippen LogP contribution in [0, 0.1) is 11.3 Å². The molecule has 1 aromatic carbocycles. The molecular formula is C22H27ClN2O3S. The first-order valence-corrected chi connectivity index (χ1v) is 10.9. The summed E-state index contributed by atoms with van der Waals surface area (Å²) in [5.41, 5.74) is 7.29. The number of rotatable bonds is 5. The van der Waals surface area contributed by atoms with Gasteiger partial charge in [0.05, 0.1) is 5.56 Å². The van der Waals surface area contributed by atoms with Gasteiger partial charge in [0.2, 0.25) is 0 Å². The van der Waals surface area contributed by atoms with Gasteiger partial charge in [0, 0.05) is 9.90 Å². The average molecular weight is 435 g/mol. The van der Waals surface area contributed by atoms with Crippen molar-refractivity contribution in [3.63, 3.8) is 0 Å². The second-order valence-corrected chi connectivity index (χ2v) is 10.1. The van der Waals surface area contributed by atoms with E-state index < -0.39 is 12.0 Å². The van der Waals surface area contributed by atoms with Crippen molar-refractivity contribution in [3.8, 4) is 5.75 Å². The Labute approximate surface area is 180 Å². The Balaban J connectivity index is 1.79. The van der Waals surface area contributed by atoms with Gasteiger partial charge in [-0.15, -0.1) is 11.3 Å². The summed E-state index contributed by atoms with van der Waals surface area (Å²) in [6, 6.07) is 6.88. The number of thiophene rings is 1. The van der Waals surface area contributed by atoms with Crippen LogP contribution in [0.25, 0.3) is 0 Å². The van der Waals surface area contributed by atoms with Crippen LogP contribution in [0.2, 0.25) is 5.02 Å². The Bertz CT molecular complexity index is 933. The Morgan fingerprint density at radius 1 is 1.34 bits per heavy atom. The van der Waals surface area contributed by atoms with Crippen LogP contribution in [-0.2, 0) is 17.6 Å². The lowest BCUT2D eigenvalue weighted by Gasteiger charge is -2.33. The minimum absolute atomic E-state index is 0.192. The normalized spacial score (nSPS) is 17.3. The van der Waals surface area contributed by atoms with Gasteiger partial charge >= 0.3 is 0 Å². The smallest absolute Gasteiger partial charge is 0.265 e. The Kier molecular flexibility index (Phi) is 6.24. The lowest BCUT2D eigenvalue weighted by atomic mass is 9.72. The van der Waals surface area contributed by atoms with Gasteiger partial charge in [0.25, 0.3) is 11.8 Å². The van der Waals surface area contributed by atoms with E-state index >= 15 is 0 Å². The number of benzene rings is 1. The van der Waals surface area contributed by atoms with Crippen molar-refractivity contribution in [3.05, 3.63) is 45.3 Å². The number of hydrogen-bond donors (Lipinski definition) is 2. The van der Waals surface area contributed by atoms with Gasteiger partial charge in [-0.3, -0.25) is 9.59 Å². The number of amides is 2. The van der Waals surface area contributed by atoms with E-state index in [0.29, 0.717) is 27.3 Å². The van der Waals surface area contributed by atoms with E-state index in [0.717, 1.165) is 29.7 Å². The number of ether oxygens (including phenoxy) is 1. The van der Waals surface area contributed by atoms with E-state index in [-0.39, 0.29) is 11.3 Å². The molecule has 2 aromatic rings. The second-order valence-electron chi connectivity index (χ2n) is 8.58. The van der Waals surface area contributed by atoms with Crippen LogP contribution < -0.4 is 15.8 Å². The topological polar surface area (TPSA) is 81.4 Å². The maximum Gasteiger partial charge on any atom is 0.265 e. The Morgan fingerprint density at radius 3 is 2.69 bits per heavy atom. The number of primary amides is 1. The molecule has 0 aliphatic heterocycles. The first kappa shape index (κ1) is 21.7. The first-order valence-electron chi connectivity index (χ1n) is 9.73. The number of hydrogen-bond acceptors (Lipinski definition) is 4. The monoisotopic (exact) mass is 434 g/mol. The molecule has 2 amide bonds. The van der Waals surface area contributed by atoms with Crippen molar-refractivity contribution in [2.45, 2.75) is 53.1 Å². The van der Waals surface area contributed by atoms with Crippen molar-refractivity contribution in [1.29, 1.82) is 0 Å². The lowest BCUT2D eigenvalue weighted by molar-refractivity contribution is -0.122. The maximum atomic E-state index is 12.7. The van der Waals surface area contributed by atoms with Crippen LogP contribution in [0.15, 0.2) is 24.3 Å². The molecular weight excluding hydrogens is 408 g/mol. The minimum Gasteiger partial charge on any atom is -0.481 e. The number of nitrogens with one attached hydrogen (secondary N) is 1. The fourth-order valence-electron chi connectivity index (χ4n) is 3.69. The van der Waals surface area contributed by atoms with E-state index in [1.807, 2.05) is 0 Å². The van der Waals surface area contributed by atoms with Crippen molar-refractivity contribution in [2.75, 3.05) is 5.32 Å².